The topological polar surface area (TPSA) is 0 Å². The molecule has 0 fully saturated rings. The summed E-state index contributed by atoms with van der Waals surface area (Å²) in [5, 5.41) is 2.61. The summed E-state index contributed by atoms with van der Waals surface area (Å²) in [7, 11) is 0. The van der Waals surface area contributed by atoms with E-state index in [1.165, 1.54) is 20.2 Å². The second-order valence-corrected chi connectivity index (χ2v) is 4.72. The van der Waals surface area contributed by atoms with Gasteiger partial charge in [-0.25, -0.2) is 0 Å². The smallest absolute Gasteiger partial charge is 0.778 e. The van der Waals surface area contributed by atoms with Gasteiger partial charge < -0.3 is 12.6 Å². The summed E-state index contributed by atoms with van der Waals surface area (Å²) in [5.41, 5.74) is 0. The molecular weight excluding hydrogens is 215 g/mol. The van der Waals surface area contributed by atoms with E-state index >= 15 is 0 Å². The molecule has 0 saturated carbocycles. The van der Waals surface area contributed by atoms with Crippen molar-refractivity contribution in [3.05, 3.63) is 42.5 Å². The molecule has 0 aliphatic heterocycles. The average Bonchev–Trinajstić information content (AvgIpc) is 2.59. The van der Waals surface area contributed by atoms with Crippen molar-refractivity contribution in [2.45, 2.75) is 4.90 Å². The first-order chi connectivity index (χ1) is 6.86. The minimum Gasteiger partial charge on any atom is -0.778 e. The minimum absolute atomic E-state index is 0. The Bertz CT molecular complexity index is 613. The van der Waals surface area contributed by atoms with Crippen LogP contribution < -0.4 is 18.9 Å². The molecule has 3 rings (SSSR count). The normalized spacial score (nSPS) is 10.4. The molecule has 0 spiro atoms. The van der Waals surface area contributed by atoms with Gasteiger partial charge in [0, 0.05) is 14.8 Å². The van der Waals surface area contributed by atoms with E-state index in [2.05, 4.69) is 30.3 Å². The van der Waals surface area contributed by atoms with Crippen molar-refractivity contribution in [3.63, 3.8) is 0 Å². The van der Waals surface area contributed by atoms with Crippen molar-refractivity contribution in [3.8, 4) is 0 Å². The van der Waals surface area contributed by atoms with E-state index in [1.54, 1.807) is 11.3 Å². The summed E-state index contributed by atoms with van der Waals surface area (Å²) in [6.45, 7) is 0. The van der Waals surface area contributed by atoms with Crippen molar-refractivity contribution in [1.82, 2.24) is 0 Å². The molecule has 0 bridgehead atoms. The summed E-state index contributed by atoms with van der Waals surface area (Å²) < 4.78 is 2.56. The summed E-state index contributed by atoms with van der Waals surface area (Å²) in [6, 6.07) is 14.6. The first kappa shape index (κ1) is 11.0. The molecule has 68 valence electrons. The third kappa shape index (κ3) is 1.68. The van der Waals surface area contributed by atoms with Crippen LogP contribution >= 0.6 is 11.3 Å². The van der Waals surface area contributed by atoms with E-state index in [1.807, 2.05) is 12.1 Å². The third-order valence-corrected chi connectivity index (χ3v) is 4.06. The van der Waals surface area contributed by atoms with Crippen LogP contribution in [0.25, 0.3) is 20.2 Å². The van der Waals surface area contributed by atoms with Crippen LogP contribution in [0.15, 0.2) is 47.4 Å². The van der Waals surface area contributed by atoms with Crippen LogP contribution in [0.5, 0.6) is 0 Å². The standard InChI is InChI=1S/C12H8S2.Li/c13-10-6-3-5-9-8-4-1-2-7-11(8)14-12(9)10;/h1-7,13H;/q;+1/p-1. The molecule has 1 heterocycles. The molecule has 0 aliphatic carbocycles. The third-order valence-electron chi connectivity index (χ3n) is 2.37. The summed E-state index contributed by atoms with van der Waals surface area (Å²) in [5.74, 6) is 0. The molecule has 0 saturated heterocycles. The number of rotatable bonds is 0. The van der Waals surface area contributed by atoms with Gasteiger partial charge in [0.2, 0.25) is 0 Å². The van der Waals surface area contributed by atoms with Crippen molar-refractivity contribution >= 4 is 44.1 Å². The Labute approximate surface area is 110 Å². The zero-order chi connectivity index (χ0) is 9.54. The second-order valence-electron chi connectivity index (χ2n) is 3.23. The molecule has 0 radical (unpaired) electrons. The van der Waals surface area contributed by atoms with Gasteiger partial charge >= 0.3 is 18.9 Å². The van der Waals surface area contributed by atoms with Crippen LogP contribution in [0.4, 0.5) is 0 Å². The number of hydrogen-bond donors (Lipinski definition) is 0. The van der Waals surface area contributed by atoms with Gasteiger partial charge in [-0.15, -0.1) is 11.3 Å². The Kier molecular flexibility index (Phi) is 3.04. The zero-order valence-electron chi connectivity index (χ0n) is 8.36. The number of fused-ring (bicyclic) bond motifs is 3. The van der Waals surface area contributed by atoms with Crippen LogP contribution in [0.1, 0.15) is 0 Å². The Morgan fingerprint density at radius 1 is 0.867 bits per heavy atom. The maximum Gasteiger partial charge on any atom is 1.00 e. The van der Waals surface area contributed by atoms with Crippen molar-refractivity contribution in [2.75, 3.05) is 0 Å². The molecule has 2 aromatic carbocycles. The zero-order valence-corrected chi connectivity index (χ0v) is 9.99. The SMILES string of the molecule is [Li+].[S-]c1cccc2c1sc1ccccc12. The first-order valence-corrected chi connectivity index (χ1v) is 5.66. The van der Waals surface area contributed by atoms with Crippen LogP contribution in [0, 0.1) is 0 Å². The van der Waals surface area contributed by atoms with Gasteiger partial charge in [0.1, 0.15) is 0 Å². The van der Waals surface area contributed by atoms with E-state index in [0.29, 0.717) is 0 Å². The molecule has 15 heavy (non-hydrogen) atoms. The van der Waals surface area contributed by atoms with Crippen LogP contribution in [0.3, 0.4) is 0 Å². The number of benzene rings is 2. The fraction of sp³-hybridized carbons (Fsp3) is 0. The first-order valence-electron chi connectivity index (χ1n) is 4.43. The predicted molar refractivity (Wildman–Crippen MR) is 65.0 cm³/mol. The molecular formula is C12H7LiS2. The van der Waals surface area contributed by atoms with Gasteiger partial charge in [-0.1, -0.05) is 36.4 Å². The summed E-state index contributed by atoms with van der Waals surface area (Å²) in [6.07, 6.45) is 0. The fourth-order valence-corrected chi connectivity index (χ4v) is 3.15. The van der Waals surface area contributed by atoms with Gasteiger partial charge in [0.05, 0.1) is 0 Å². The molecule has 0 nitrogen and oxygen atoms in total. The largest absolute Gasteiger partial charge is 1.00 e. The molecule has 1 aromatic heterocycles. The van der Waals surface area contributed by atoms with Gasteiger partial charge in [-0.2, -0.15) is 4.90 Å². The van der Waals surface area contributed by atoms with Gasteiger partial charge in [-0.3, -0.25) is 0 Å². The molecule has 0 atom stereocenters. The van der Waals surface area contributed by atoms with E-state index in [9.17, 15) is 0 Å². The quantitative estimate of drug-likeness (QED) is 0.403. The molecule has 0 N–H and O–H groups in total. The van der Waals surface area contributed by atoms with Gasteiger partial charge in [-0.05, 0) is 11.5 Å². The van der Waals surface area contributed by atoms with Crippen LogP contribution in [-0.4, -0.2) is 0 Å². The van der Waals surface area contributed by atoms with Gasteiger partial charge in [0.25, 0.3) is 0 Å². The van der Waals surface area contributed by atoms with Crippen molar-refractivity contribution in [2.24, 2.45) is 0 Å². The van der Waals surface area contributed by atoms with Crippen molar-refractivity contribution in [1.29, 1.82) is 0 Å². The fourth-order valence-electron chi connectivity index (χ4n) is 1.72. The maximum absolute atomic E-state index is 5.31. The maximum atomic E-state index is 5.31. The van der Waals surface area contributed by atoms with E-state index in [4.69, 9.17) is 12.6 Å². The summed E-state index contributed by atoms with van der Waals surface area (Å²) >= 11 is 7.09. The Morgan fingerprint density at radius 2 is 1.60 bits per heavy atom. The molecule has 0 unspecified atom stereocenters. The van der Waals surface area contributed by atoms with E-state index < -0.39 is 0 Å². The Balaban J connectivity index is 0.000000853. The monoisotopic (exact) mass is 222 g/mol. The average molecular weight is 222 g/mol. The van der Waals surface area contributed by atoms with Gasteiger partial charge in [0.15, 0.2) is 0 Å². The molecule has 3 heteroatoms. The number of thiophene rings is 1. The Morgan fingerprint density at radius 3 is 2.47 bits per heavy atom. The van der Waals surface area contributed by atoms with Crippen LogP contribution in [0.2, 0.25) is 0 Å². The minimum atomic E-state index is 0. The molecule has 0 aliphatic rings. The van der Waals surface area contributed by atoms with Crippen LogP contribution in [-0.2, 0) is 12.6 Å². The van der Waals surface area contributed by atoms with E-state index in [0.717, 1.165) is 4.90 Å². The predicted octanol–water partition coefficient (Wildman–Crippen LogP) is 0.964. The molecule has 0 amide bonds. The van der Waals surface area contributed by atoms with Crippen molar-refractivity contribution < 1.29 is 18.9 Å². The van der Waals surface area contributed by atoms with E-state index in [-0.39, 0.29) is 18.9 Å². The summed E-state index contributed by atoms with van der Waals surface area (Å²) in [4.78, 5) is 0.962. The number of hydrogen-bond acceptors (Lipinski definition) is 2. The molecule has 3 aromatic rings. The second kappa shape index (κ2) is 4.15. The Hall–Kier alpha value is -0.523.